The topological polar surface area (TPSA) is 47.5 Å². The van der Waals surface area contributed by atoms with Gasteiger partial charge in [-0.25, -0.2) is 9.37 Å². The number of methoxy groups -OCH3 is 2. The SMILES string of the molecule is COc1ccc2c(c1)CC(CCN1CCC(F)C1)=C2Cc1nccnc1OC. The number of ether oxygens (including phenoxy) is 2. The molecule has 1 unspecified atom stereocenters. The van der Waals surface area contributed by atoms with Crippen LogP contribution in [0.4, 0.5) is 4.39 Å². The second kappa shape index (κ2) is 8.27. The molecule has 0 amide bonds. The molecule has 2 aliphatic rings. The van der Waals surface area contributed by atoms with Gasteiger partial charge in [0.15, 0.2) is 0 Å². The summed E-state index contributed by atoms with van der Waals surface area (Å²) in [6.45, 7) is 2.30. The average molecular weight is 383 g/mol. The van der Waals surface area contributed by atoms with Crippen LogP contribution in [0.2, 0.25) is 0 Å². The standard InChI is InChI=1S/C22H26FN3O2/c1-27-18-3-4-19-16(12-18)11-15(5-9-26-10-6-17(23)14-26)20(19)13-21-22(28-2)25-8-7-24-21/h3-4,7-8,12,17H,5-6,9-11,13-14H2,1-2H3. The van der Waals surface area contributed by atoms with Gasteiger partial charge >= 0.3 is 0 Å². The lowest BCUT2D eigenvalue weighted by Gasteiger charge is -2.16. The highest BCUT2D eigenvalue weighted by Gasteiger charge is 2.26. The second-order valence-electron chi connectivity index (χ2n) is 7.41. The Bertz CT molecular complexity index is 884. The van der Waals surface area contributed by atoms with Crippen LogP contribution in [0.1, 0.15) is 29.7 Å². The Morgan fingerprint density at radius 2 is 2.04 bits per heavy atom. The van der Waals surface area contributed by atoms with E-state index in [-0.39, 0.29) is 0 Å². The number of fused-ring (bicyclic) bond motifs is 1. The Morgan fingerprint density at radius 3 is 2.79 bits per heavy atom. The summed E-state index contributed by atoms with van der Waals surface area (Å²) in [5.41, 5.74) is 6.03. The molecule has 5 nitrogen and oxygen atoms in total. The first-order valence-corrected chi connectivity index (χ1v) is 9.76. The van der Waals surface area contributed by atoms with Gasteiger partial charge in [-0.2, -0.15) is 0 Å². The van der Waals surface area contributed by atoms with Crippen LogP contribution in [0.3, 0.4) is 0 Å². The highest BCUT2D eigenvalue weighted by atomic mass is 19.1. The molecule has 0 bridgehead atoms. The summed E-state index contributed by atoms with van der Waals surface area (Å²) >= 11 is 0. The molecule has 1 aromatic carbocycles. The van der Waals surface area contributed by atoms with Crippen molar-refractivity contribution >= 4 is 5.57 Å². The van der Waals surface area contributed by atoms with Crippen LogP contribution >= 0.6 is 0 Å². The Hall–Kier alpha value is -2.47. The van der Waals surface area contributed by atoms with Crippen LogP contribution in [0.15, 0.2) is 36.2 Å². The number of benzene rings is 1. The number of hydrogen-bond donors (Lipinski definition) is 0. The van der Waals surface area contributed by atoms with E-state index in [9.17, 15) is 4.39 Å². The largest absolute Gasteiger partial charge is 0.497 e. The van der Waals surface area contributed by atoms with Crippen molar-refractivity contribution in [3.8, 4) is 11.6 Å². The van der Waals surface area contributed by atoms with E-state index >= 15 is 0 Å². The van der Waals surface area contributed by atoms with Gasteiger partial charge in [0.2, 0.25) is 5.88 Å². The van der Waals surface area contributed by atoms with E-state index in [0.29, 0.717) is 25.3 Å². The van der Waals surface area contributed by atoms with Gasteiger partial charge in [0.1, 0.15) is 17.6 Å². The molecule has 6 heteroatoms. The molecule has 1 aliphatic heterocycles. The van der Waals surface area contributed by atoms with E-state index in [2.05, 4.69) is 27.0 Å². The number of aromatic nitrogens is 2. The number of hydrogen-bond acceptors (Lipinski definition) is 5. The summed E-state index contributed by atoms with van der Waals surface area (Å²) in [6.07, 6.45) is 5.83. The first-order chi connectivity index (χ1) is 13.7. The maximum Gasteiger partial charge on any atom is 0.235 e. The summed E-state index contributed by atoms with van der Waals surface area (Å²) in [7, 11) is 3.31. The third-order valence-corrected chi connectivity index (χ3v) is 5.69. The Balaban J connectivity index is 1.61. The van der Waals surface area contributed by atoms with Crippen LogP contribution in [-0.4, -0.2) is 54.9 Å². The molecule has 0 radical (unpaired) electrons. The number of halogens is 1. The zero-order chi connectivity index (χ0) is 19.5. The molecule has 0 saturated carbocycles. The molecule has 0 N–H and O–H groups in total. The molecule has 1 fully saturated rings. The van der Waals surface area contributed by atoms with E-state index in [4.69, 9.17) is 9.47 Å². The maximum absolute atomic E-state index is 13.5. The zero-order valence-corrected chi connectivity index (χ0v) is 16.4. The third-order valence-electron chi connectivity index (χ3n) is 5.69. The van der Waals surface area contributed by atoms with Crippen molar-refractivity contribution in [2.75, 3.05) is 33.9 Å². The van der Waals surface area contributed by atoms with Crippen LogP contribution in [0, 0.1) is 0 Å². The molecule has 1 aliphatic carbocycles. The molecule has 2 aromatic rings. The molecule has 0 spiro atoms. The fourth-order valence-corrected chi connectivity index (χ4v) is 4.22. The van der Waals surface area contributed by atoms with Gasteiger partial charge in [-0.3, -0.25) is 4.98 Å². The minimum absolute atomic E-state index is 0.557. The molecule has 148 valence electrons. The van der Waals surface area contributed by atoms with Crippen LogP contribution in [-0.2, 0) is 12.8 Å². The van der Waals surface area contributed by atoms with E-state index in [1.807, 2.05) is 6.07 Å². The van der Waals surface area contributed by atoms with E-state index in [1.165, 1.54) is 22.3 Å². The molecule has 1 aromatic heterocycles. The summed E-state index contributed by atoms with van der Waals surface area (Å²) < 4.78 is 24.3. The minimum Gasteiger partial charge on any atom is -0.497 e. The fourth-order valence-electron chi connectivity index (χ4n) is 4.22. The number of nitrogens with zero attached hydrogens (tertiary/aromatic N) is 3. The van der Waals surface area contributed by atoms with Crippen molar-refractivity contribution in [3.05, 3.63) is 53.0 Å². The van der Waals surface area contributed by atoms with Crippen molar-refractivity contribution in [1.82, 2.24) is 14.9 Å². The molecular weight excluding hydrogens is 357 g/mol. The van der Waals surface area contributed by atoms with Crippen LogP contribution in [0.25, 0.3) is 5.57 Å². The normalized spacial score (nSPS) is 19.2. The monoisotopic (exact) mass is 383 g/mol. The Labute approximate surface area is 165 Å². The summed E-state index contributed by atoms with van der Waals surface area (Å²) in [6, 6.07) is 6.25. The molecular formula is C22H26FN3O2. The number of alkyl halides is 1. The summed E-state index contributed by atoms with van der Waals surface area (Å²) in [5.74, 6) is 1.44. The number of rotatable bonds is 7. The van der Waals surface area contributed by atoms with E-state index in [1.54, 1.807) is 26.6 Å². The van der Waals surface area contributed by atoms with Gasteiger partial charge in [0.25, 0.3) is 0 Å². The third kappa shape index (κ3) is 3.87. The van der Waals surface area contributed by atoms with Gasteiger partial charge in [0.05, 0.1) is 14.2 Å². The van der Waals surface area contributed by atoms with Crippen molar-refractivity contribution in [2.24, 2.45) is 0 Å². The van der Waals surface area contributed by atoms with Gasteiger partial charge < -0.3 is 14.4 Å². The predicted octanol–water partition coefficient (Wildman–Crippen LogP) is 3.48. The van der Waals surface area contributed by atoms with Gasteiger partial charge in [-0.05, 0) is 48.1 Å². The highest BCUT2D eigenvalue weighted by molar-refractivity contribution is 5.78. The summed E-state index contributed by atoms with van der Waals surface area (Å²) in [4.78, 5) is 11.0. The van der Waals surface area contributed by atoms with Gasteiger partial charge in [-0.1, -0.05) is 11.6 Å². The fraction of sp³-hybridized carbons (Fsp3) is 0.455. The number of allylic oxidation sites excluding steroid dienone is 1. The minimum atomic E-state index is -0.678. The van der Waals surface area contributed by atoms with Crippen molar-refractivity contribution < 1.29 is 13.9 Å². The Kier molecular flexibility index (Phi) is 5.57. The predicted molar refractivity (Wildman–Crippen MR) is 106 cm³/mol. The quantitative estimate of drug-likeness (QED) is 0.733. The smallest absolute Gasteiger partial charge is 0.235 e. The Morgan fingerprint density at radius 1 is 1.18 bits per heavy atom. The van der Waals surface area contributed by atoms with Gasteiger partial charge in [-0.15, -0.1) is 0 Å². The first kappa shape index (κ1) is 18.9. The highest BCUT2D eigenvalue weighted by Crippen LogP contribution is 2.39. The molecule has 1 saturated heterocycles. The summed E-state index contributed by atoms with van der Waals surface area (Å²) in [5, 5.41) is 0. The lowest BCUT2D eigenvalue weighted by Crippen LogP contribution is -2.22. The van der Waals surface area contributed by atoms with Crippen LogP contribution in [0.5, 0.6) is 11.6 Å². The van der Waals surface area contributed by atoms with E-state index < -0.39 is 6.17 Å². The maximum atomic E-state index is 13.5. The van der Waals surface area contributed by atoms with Crippen molar-refractivity contribution in [2.45, 2.75) is 31.9 Å². The second-order valence-corrected chi connectivity index (χ2v) is 7.41. The molecule has 1 atom stereocenters. The lowest BCUT2D eigenvalue weighted by molar-refractivity contribution is 0.290. The lowest BCUT2D eigenvalue weighted by atomic mass is 9.99. The van der Waals surface area contributed by atoms with Crippen LogP contribution < -0.4 is 9.47 Å². The van der Waals surface area contributed by atoms with Crippen molar-refractivity contribution in [1.29, 1.82) is 0 Å². The molecule has 2 heterocycles. The van der Waals surface area contributed by atoms with E-state index in [0.717, 1.165) is 37.4 Å². The first-order valence-electron chi connectivity index (χ1n) is 9.76. The molecule has 28 heavy (non-hydrogen) atoms. The number of likely N-dealkylation sites (tertiary alicyclic amines) is 1. The zero-order valence-electron chi connectivity index (χ0n) is 16.4. The average Bonchev–Trinajstić information content (AvgIpc) is 3.29. The van der Waals surface area contributed by atoms with Gasteiger partial charge in [0, 0.05) is 38.4 Å². The van der Waals surface area contributed by atoms with Crippen molar-refractivity contribution in [3.63, 3.8) is 0 Å². The molecule has 4 rings (SSSR count).